The number of para-hydroxylation sites is 3. The predicted octanol–water partition coefficient (Wildman–Crippen LogP) is 13.4. The molecule has 12 aromatic rings. The Hall–Kier alpha value is -7.83. The molecule has 0 aliphatic heterocycles. The first-order chi connectivity index (χ1) is 28.3. The van der Waals surface area contributed by atoms with Crippen LogP contribution in [0.3, 0.4) is 0 Å². The Morgan fingerprint density at radius 3 is 1.61 bits per heavy atom. The molecule has 6 heteroatoms. The summed E-state index contributed by atoms with van der Waals surface area (Å²) in [6.45, 7) is 0. The lowest BCUT2D eigenvalue weighted by Crippen LogP contribution is -2.01. The molecule has 0 saturated heterocycles. The van der Waals surface area contributed by atoms with Crippen molar-refractivity contribution in [1.29, 1.82) is 0 Å². The molecule has 4 aromatic heterocycles. The van der Waals surface area contributed by atoms with Gasteiger partial charge in [0, 0.05) is 49.0 Å². The maximum Gasteiger partial charge on any atom is 0.164 e. The zero-order valence-electron chi connectivity index (χ0n) is 30.4. The van der Waals surface area contributed by atoms with Crippen molar-refractivity contribution in [2.45, 2.75) is 0 Å². The molecule has 6 nitrogen and oxygen atoms in total. The van der Waals surface area contributed by atoms with E-state index in [4.69, 9.17) is 23.8 Å². The number of rotatable bonds is 5. The number of benzene rings is 8. The van der Waals surface area contributed by atoms with Crippen molar-refractivity contribution in [1.82, 2.24) is 19.5 Å². The number of hydrogen-bond acceptors (Lipinski definition) is 5. The minimum atomic E-state index is 0.572. The summed E-state index contributed by atoms with van der Waals surface area (Å²) in [6, 6.07) is 62.5. The zero-order chi connectivity index (χ0) is 37.5. The van der Waals surface area contributed by atoms with Gasteiger partial charge in [0.15, 0.2) is 23.1 Å². The summed E-state index contributed by atoms with van der Waals surface area (Å²) in [5.41, 5.74) is 11.3. The molecule has 0 aliphatic carbocycles. The second-order valence-corrected chi connectivity index (χ2v) is 14.3. The summed E-state index contributed by atoms with van der Waals surface area (Å²) >= 11 is 0. The molecule has 0 N–H and O–H groups in total. The van der Waals surface area contributed by atoms with Crippen LogP contribution in [0, 0.1) is 0 Å². The summed E-state index contributed by atoms with van der Waals surface area (Å²) in [5.74, 6) is 1.77. The number of nitrogens with zero attached hydrogens (tertiary/aromatic N) is 4. The topological polar surface area (TPSA) is 69.9 Å². The molecule has 0 fully saturated rings. The average molecular weight is 731 g/mol. The highest BCUT2D eigenvalue weighted by Gasteiger charge is 2.24. The second kappa shape index (κ2) is 12.3. The fraction of sp³-hybridized carbons (Fsp3) is 0. The van der Waals surface area contributed by atoms with Crippen LogP contribution in [-0.4, -0.2) is 19.5 Å². The Morgan fingerprint density at radius 2 is 0.877 bits per heavy atom. The van der Waals surface area contributed by atoms with Crippen molar-refractivity contribution < 1.29 is 8.83 Å². The molecule has 266 valence electrons. The maximum atomic E-state index is 6.88. The Bertz CT molecular complexity index is 3510. The molecule has 0 saturated carbocycles. The first kappa shape index (κ1) is 31.5. The van der Waals surface area contributed by atoms with Crippen LogP contribution in [0.5, 0.6) is 0 Å². The van der Waals surface area contributed by atoms with Gasteiger partial charge in [-0.3, -0.25) is 0 Å². The van der Waals surface area contributed by atoms with Gasteiger partial charge in [-0.25, -0.2) is 15.0 Å². The van der Waals surface area contributed by atoms with Gasteiger partial charge >= 0.3 is 0 Å². The number of furan rings is 2. The van der Waals surface area contributed by atoms with Crippen LogP contribution in [0.1, 0.15) is 0 Å². The van der Waals surface area contributed by atoms with Crippen LogP contribution < -0.4 is 0 Å². The third-order valence-corrected chi connectivity index (χ3v) is 11.1. The highest BCUT2D eigenvalue weighted by molar-refractivity contribution is 6.28. The third kappa shape index (κ3) is 4.87. The van der Waals surface area contributed by atoms with E-state index in [0.29, 0.717) is 17.5 Å². The van der Waals surface area contributed by atoms with Gasteiger partial charge in [-0.15, -0.1) is 0 Å². The van der Waals surface area contributed by atoms with E-state index in [2.05, 4.69) is 126 Å². The van der Waals surface area contributed by atoms with Gasteiger partial charge in [0.05, 0.1) is 16.7 Å². The molecule has 0 unspecified atom stereocenters. The number of hydrogen-bond donors (Lipinski definition) is 0. The molecule has 57 heavy (non-hydrogen) atoms. The van der Waals surface area contributed by atoms with Crippen LogP contribution in [0.4, 0.5) is 0 Å². The van der Waals surface area contributed by atoms with Gasteiger partial charge in [0.1, 0.15) is 16.7 Å². The molecular weight excluding hydrogens is 701 g/mol. The van der Waals surface area contributed by atoms with Gasteiger partial charge < -0.3 is 13.4 Å². The molecule has 8 aromatic carbocycles. The highest BCUT2D eigenvalue weighted by Crippen LogP contribution is 2.45. The van der Waals surface area contributed by atoms with Gasteiger partial charge in [-0.05, 0) is 53.6 Å². The Balaban J connectivity index is 1.12. The quantitative estimate of drug-likeness (QED) is 0.176. The van der Waals surface area contributed by atoms with Crippen molar-refractivity contribution in [2.75, 3.05) is 0 Å². The molecular formula is C51H30N4O2. The maximum absolute atomic E-state index is 6.88. The minimum absolute atomic E-state index is 0.572. The van der Waals surface area contributed by atoms with E-state index in [9.17, 15) is 0 Å². The van der Waals surface area contributed by atoms with E-state index in [-0.39, 0.29) is 0 Å². The van der Waals surface area contributed by atoms with Crippen molar-refractivity contribution in [2.24, 2.45) is 0 Å². The Kier molecular flexibility index (Phi) is 6.83. The first-order valence-corrected chi connectivity index (χ1v) is 19.0. The van der Waals surface area contributed by atoms with Gasteiger partial charge in [-0.1, -0.05) is 140 Å². The third-order valence-electron chi connectivity index (χ3n) is 11.1. The SMILES string of the molecule is c1ccc(-c2ccc(-c3nc(-c4ccccc4)nc(-c4ccc(-n5c6ccccc6c6c7c(ccc65)oc5ccccc57)c5oc6ccccc6c45)n3)cc2)cc1. The number of aromatic nitrogens is 4. The predicted molar refractivity (Wildman–Crippen MR) is 230 cm³/mol. The fourth-order valence-corrected chi connectivity index (χ4v) is 8.50. The van der Waals surface area contributed by atoms with Crippen LogP contribution in [-0.2, 0) is 0 Å². The summed E-state index contributed by atoms with van der Waals surface area (Å²) in [6.07, 6.45) is 0. The van der Waals surface area contributed by atoms with E-state index >= 15 is 0 Å². The largest absolute Gasteiger partial charge is 0.456 e. The van der Waals surface area contributed by atoms with Gasteiger partial charge in [0.25, 0.3) is 0 Å². The summed E-state index contributed by atoms with van der Waals surface area (Å²) in [7, 11) is 0. The van der Waals surface area contributed by atoms with E-state index in [1.807, 2.05) is 60.7 Å². The highest BCUT2D eigenvalue weighted by atomic mass is 16.3. The van der Waals surface area contributed by atoms with E-state index < -0.39 is 0 Å². The Morgan fingerprint density at radius 1 is 0.333 bits per heavy atom. The molecule has 0 amide bonds. The smallest absolute Gasteiger partial charge is 0.164 e. The molecule has 0 aliphatic rings. The molecule has 4 heterocycles. The normalized spacial score (nSPS) is 11.9. The zero-order valence-corrected chi connectivity index (χ0v) is 30.4. The van der Waals surface area contributed by atoms with E-state index in [1.165, 1.54) is 0 Å². The van der Waals surface area contributed by atoms with E-state index in [1.54, 1.807) is 0 Å². The van der Waals surface area contributed by atoms with Crippen molar-refractivity contribution in [3.63, 3.8) is 0 Å². The average Bonchev–Trinajstić information content (AvgIpc) is 3.97. The molecule has 0 atom stereocenters. The van der Waals surface area contributed by atoms with Gasteiger partial charge in [0.2, 0.25) is 0 Å². The Labute approximate surface area is 325 Å². The molecule has 0 spiro atoms. The lowest BCUT2D eigenvalue weighted by atomic mass is 10.0. The van der Waals surface area contributed by atoms with Crippen LogP contribution in [0.15, 0.2) is 191 Å². The first-order valence-electron chi connectivity index (χ1n) is 19.0. The van der Waals surface area contributed by atoms with Crippen molar-refractivity contribution >= 4 is 65.7 Å². The summed E-state index contributed by atoms with van der Waals surface area (Å²) < 4.78 is 15.6. The monoisotopic (exact) mass is 730 g/mol. The summed E-state index contributed by atoms with van der Waals surface area (Å²) in [5, 5.41) is 6.43. The summed E-state index contributed by atoms with van der Waals surface area (Å²) in [4.78, 5) is 15.4. The van der Waals surface area contributed by atoms with Crippen molar-refractivity contribution in [3.8, 4) is 51.0 Å². The standard InChI is InChI=1S/C51H30N4O2/c1-3-13-31(14-4-1)32-23-25-34(26-24-32)50-52-49(33-15-5-2-6-16-33)53-51(54-50)38-27-28-41(48-45(38)36-18-8-12-22-43(36)57-48)55-39-20-10-7-17-35(39)46-40(55)29-30-44-47(46)37-19-9-11-21-42(37)56-44/h1-30H. The van der Waals surface area contributed by atoms with Crippen molar-refractivity contribution in [3.05, 3.63) is 182 Å². The van der Waals surface area contributed by atoms with Gasteiger partial charge in [-0.2, -0.15) is 0 Å². The lowest BCUT2D eigenvalue weighted by Gasteiger charge is -2.12. The van der Waals surface area contributed by atoms with Crippen LogP contribution in [0.2, 0.25) is 0 Å². The molecule has 0 radical (unpaired) electrons. The molecule has 12 rings (SSSR count). The van der Waals surface area contributed by atoms with Crippen LogP contribution >= 0.6 is 0 Å². The minimum Gasteiger partial charge on any atom is -0.456 e. The fourth-order valence-electron chi connectivity index (χ4n) is 8.50. The van der Waals surface area contributed by atoms with Crippen LogP contribution in [0.25, 0.3) is 117 Å². The lowest BCUT2D eigenvalue weighted by molar-refractivity contribution is 0.666. The van der Waals surface area contributed by atoms with E-state index in [0.717, 1.165) is 99.2 Å². The molecule has 0 bridgehead atoms. The number of fused-ring (bicyclic) bond motifs is 10. The second-order valence-electron chi connectivity index (χ2n) is 14.3.